The second-order valence-corrected chi connectivity index (χ2v) is 13.3. The molecule has 0 atom stereocenters. The minimum Gasteiger partial charge on any atom is -0.492 e. The van der Waals surface area contributed by atoms with E-state index in [4.69, 9.17) is 58.8 Å². The molecule has 17 heteroatoms. The van der Waals surface area contributed by atoms with Crippen LogP contribution in [0.15, 0.2) is 107 Å². The fourth-order valence-corrected chi connectivity index (χ4v) is 4.66. The number of hydrogen-bond donors (Lipinski definition) is 4. The molecule has 0 amide bonds. The van der Waals surface area contributed by atoms with E-state index in [9.17, 15) is 0 Å². The zero-order valence-electron chi connectivity index (χ0n) is 31.0. The lowest BCUT2D eigenvalue weighted by Crippen LogP contribution is -2.19. The molecule has 0 unspecified atom stereocenters. The van der Waals surface area contributed by atoms with Gasteiger partial charge in [0, 0.05) is 24.5 Å². The second kappa shape index (κ2) is 22.8. The van der Waals surface area contributed by atoms with Crippen LogP contribution in [-0.4, -0.2) is 84.2 Å². The summed E-state index contributed by atoms with van der Waals surface area (Å²) >= 11 is 17.7. The van der Waals surface area contributed by atoms with Crippen molar-refractivity contribution in [2.75, 3.05) is 76.2 Å². The van der Waals surface area contributed by atoms with Gasteiger partial charge in [-0.25, -0.2) is 9.97 Å². The zero-order chi connectivity index (χ0) is 39.4. The molecular weight excluding hydrogens is 767 g/mol. The number of benzene rings is 2. The minimum atomic E-state index is 0.154. The van der Waals surface area contributed by atoms with Crippen molar-refractivity contribution < 1.29 is 18.3 Å². The first-order valence-corrected chi connectivity index (χ1v) is 18.2. The largest absolute Gasteiger partial charge is 0.492 e. The molecular formula is C38H45Cl3N10O4. The van der Waals surface area contributed by atoms with E-state index in [0.29, 0.717) is 53.9 Å². The summed E-state index contributed by atoms with van der Waals surface area (Å²) in [6.45, 7) is 4.13. The van der Waals surface area contributed by atoms with Gasteiger partial charge in [-0.05, 0) is 113 Å². The molecule has 14 nitrogen and oxygen atoms in total. The maximum Gasteiger partial charge on any atom is 0.229 e. The Morgan fingerprint density at radius 2 is 1.15 bits per heavy atom. The van der Waals surface area contributed by atoms with Crippen LogP contribution in [0.4, 0.5) is 29.0 Å². The van der Waals surface area contributed by atoms with Crippen LogP contribution in [-0.2, 0) is 13.1 Å². The highest BCUT2D eigenvalue weighted by Crippen LogP contribution is 2.24. The molecule has 0 radical (unpaired) electrons. The molecule has 0 bridgehead atoms. The summed E-state index contributed by atoms with van der Waals surface area (Å²) in [5.41, 5.74) is 7.16. The number of nitrogens with zero attached hydrogens (tertiary/aromatic N) is 6. The molecule has 5 N–H and O–H groups in total. The van der Waals surface area contributed by atoms with Crippen molar-refractivity contribution in [2.24, 2.45) is 0 Å². The molecule has 0 saturated carbocycles. The second-order valence-electron chi connectivity index (χ2n) is 12.1. The van der Waals surface area contributed by atoms with E-state index in [-0.39, 0.29) is 5.28 Å². The van der Waals surface area contributed by atoms with Crippen LogP contribution in [0.5, 0.6) is 11.5 Å². The van der Waals surface area contributed by atoms with Crippen LogP contribution in [0.25, 0.3) is 0 Å². The molecule has 0 fully saturated rings. The third kappa shape index (κ3) is 16.3. The quantitative estimate of drug-likeness (QED) is 0.0546. The van der Waals surface area contributed by atoms with Gasteiger partial charge in [0.25, 0.3) is 0 Å². The predicted octanol–water partition coefficient (Wildman–Crippen LogP) is 8.22. The van der Waals surface area contributed by atoms with E-state index in [1.54, 1.807) is 18.7 Å². The lowest BCUT2D eigenvalue weighted by molar-refractivity contribution is 0.261. The van der Waals surface area contributed by atoms with Gasteiger partial charge < -0.3 is 49.8 Å². The highest BCUT2D eigenvalue weighted by Gasteiger charge is 2.08. The van der Waals surface area contributed by atoms with E-state index in [0.717, 1.165) is 47.5 Å². The van der Waals surface area contributed by atoms with Gasteiger partial charge in [-0.1, -0.05) is 23.2 Å². The number of likely N-dealkylation sites (N-methyl/N-ethyl adjacent to an activating group) is 2. The molecule has 0 aliphatic rings. The summed E-state index contributed by atoms with van der Waals surface area (Å²) in [7, 11) is 8.07. The Bertz CT molecular complexity index is 1950. The van der Waals surface area contributed by atoms with E-state index in [1.807, 2.05) is 101 Å². The molecule has 4 heterocycles. The Balaban J connectivity index is 0.000000202. The monoisotopic (exact) mass is 810 g/mol. The molecule has 0 aliphatic heterocycles. The van der Waals surface area contributed by atoms with E-state index < -0.39 is 0 Å². The van der Waals surface area contributed by atoms with Crippen LogP contribution in [0.1, 0.15) is 11.5 Å². The maximum absolute atomic E-state index is 6.16. The van der Waals surface area contributed by atoms with Crippen molar-refractivity contribution >= 4 is 63.8 Å². The van der Waals surface area contributed by atoms with E-state index >= 15 is 0 Å². The number of nitrogens with one attached hydrogen (secondary N) is 3. The van der Waals surface area contributed by atoms with Crippen LogP contribution in [0.3, 0.4) is 0 Å². The highest BCUT2D eigenvalue weighted by molar-refractivity contribution is 6.33. The molecule has 0 spiro atoms. The third-order valence-corrected chi connectivity index (χ3v) is 7.82. The number of anilines is 5. The smallest absolute Gasteiger partial charge is 0.229 e. The van der Waals surface area contributed by atoms with Crippen molar-refractivity contribution in [1.82, 2.24) is 29.7 Å². The van der Waals surface area contributed by atoms with E-state index in [1.165, 1.54) is 6.20 Å². The normalized spacial score (nSPS) is 10.6. The van der Waals surface area contributed by atoms with Crippen LogP contribution in [0, 0.1) is 0 Å². The van der Waals surface area contributed by atoms with Crippen LogP contribution >= 0.6 is 34.8 Å². The molecule has 4 aromatic heterocycles. The number of hydrogen-bond acceptors (Lipinski definition) is 14. The molecule has 6 aromatic rings. The number of aromatic nitrogens is 4. The van der Waals surface area contributed by atoms with Gasteiger partial charge in [-0.15, -0.1) is 0 Å². The maximum atomic E-state index is 6.16. The van der Waals surface area contributed by atoms with Gasteiger partial charge in [0.2, 0.25) is 11.2 Å². The predicted molar refractivity (Wildman–Crippen MR) is 220 cm³/mol. The van der Waals surface area contributed by atoms with Gasteiger partial charge in [0.15, 0.2) is 5.82 Å². The average molecular weight is 812 g/mol. The van der Waals surface area contributed by atoms with Gasteiger partial charge in [-0.3, -0.25) is 0 Å². The van der Waals surface area contributed by atoms with Crippen LogP contribution < -0.4 is 31.2 Å². The summed E-state index contributed by atoms with van der Waals surface area (Å²) in [6.07, 6.45) is 6.23. The van der Waals surface area contributed by atoms with E-state index in [2.05, 4.69) is 45.7 Å². The van der Waals surface area contributed by atoms with Gasteiger partial charge in [-0.2, -0.15) is 9.97 Å². The number of halogens is 3. The number of furan rings is 2. The Labute approximate surface area is 335 Å². The Morgan fingerprint density at radius 3 is 1.64 bits per heavy atom. The SMILES string of the molecule is CN(C)CCOc1ccc(N)cc1.CN(C)CCOc1ccc(Nc2ncc(Cl)c(NCc3ccco3)n2)cc1.Clc1ncc(Cl)c(NCc2ccco2)n1. The van der Waals surface area contributed by atoms with Crippen molar-refractivity contribution in [1.29, 1.82) is 0 Å². The summed E-state index contributed by atoms with van der Waals surface area (Å²) in [4.78, 5) is 20.5. The van der Waals surface area contributed by atoms with Gasteiger partial charge in [0.1, 0.15) is 52.1 Å². The lowest BCUT2D eigenvalue weighted by Gasteiger charge is -2.12. The number of ether oxygens (including phenoxy) is 2. The van der Waals surface area contributed by atoms with Crippen molar-refractivity contribution in [3.63, 3.8) is 0 Å². The molecule has 2 aromatic carbocycles. The first-order valence-electron chi connectivity index (χ1n) is 17.0. The van der Waals surface area contributed by atoms with Crippen molar-refractivity contribution in [2.45, 2.75) is 13.1 Å². The molecule has 6 rings (SSSR count). The average Bonchev–Trinajstić information content (AvgIpc) is 3.89. The molecule has 0 saturated heterocycles. The first-order chi connectivity index (χ1) is 26.5. The fraction of sp³-hybridized carbons (Fsp3) is 0.263. The first kappa shape index (κ1) is 42.5. The molecule has 0 aliphatic carbocycles. The summed E-state index contributed by atoms with van der Waals surface area (Å²) in [5.74, 6) is 4.76. The van der Waals surface area contributed by atoms with Crippen molar-refractivity contribution in [3.05, 3.63) is 125 Å². The van der Waals surface area contributed by atoms with Gasteiger partial charge in [0.05, 0.1) is 38.0 Å². The lowest BCUT2D eigenvalue weighted by atomic mass is 10.3. The third-order valence-electron chi connectivity index (χ3n) is 7.08. The summed E-state index contributed by atoms with van der Waals surface area (Å²) < 4.78 is 21.6. The molecule has 292 valence electrons. The summed E-state index contributed by atoms with van der Waals surface area (Å²) in [6, 6.07) is 22.5. The Hall–Kier alpha value is -5.25. The number of nitrogens with two attached hydrogens (primary N) is 1. The van der Waals surface area contributed by atoms with Crippen LogP contribution in [0.2, 0.25) is 15.3 Å². The standard InChI is InChI=1S/C19H22ClN5O2.C10H16N2O.C9H7Cl2N3O/c1-25(2)9-11-27-15-7-5-14(6-8-15)23-19-22-13-17(20)18(24-19)21-12-16-4-3-10-26-16;1-12(2)7-8-13-10-5-3-9(11)4-6-10;10-7-5-13-9(11)14-8(7)12-4-6-2-1-3-15-6/h3-8,10,13H,9,11-12H2,1-2H3,(H2,21,22,23,24);3-6H,7-8,11H2,1-2H3;1-3,5H,4H2,(H,12,13,14). The topological polar surface area (TPSA) is 165 Å². The van der Waals surface area contributed by atoms with Crippen molar-refractivity contribution in [3.8, 4) is 11.5 Å². The summed E-state index contributed by atoms with van der Waals surface area (Å²) in [5, 5.41) is 10.3. The molecule has 55 heavy (non-hydrogen) atoms. The number of nitrogen functional groups attached to an aromatic ring is 1. The van der Waals surface area contributed by atoms with Gasteiger partial charge >= 0.3 is 0 Å². The minimum absolute atomic E-state index is 0.154. The fourth-order valence-electron chi connectivity index (χ4n) is 4.21. The highest BCUT2D eigenvalue weighted by atomic mass is 35.5. The Kier molecular flexibility index (Phi) is 17.7. The number of rotatable bonds is 16. The zero-order valence-corrected chi connectivity index (χ0v) is 33.3. The Morgan fingerprint density at radius 1 is 0.655 bits per heavy atom.